The maximum absolute atomic E-state index is 13.0. The van der Waals surface area contributed by atoms with E-state index >= 15 is 0 Å². The van der Waals surface area contributed by atoms with Gasteiger partial charge in [0, 0.05) is 24.8 Å². The van der Waals surface area contributed by atoms with Gasteiger partial charge in [0.15, 0.2) is 0 Å². The van der Waals surface area contributed by atoms with E-state index in [4.69, 9.17) is 4.74 Å². The topological polar surface area (TPSA) is 54.5 Å². The lowest BCUT2D eigenvalue weighted by atomic mass is 9.91. The van der Waals surface area contributed by atoms with E-state index < -0.39 is 23.0 Å². The number of halogens is 3. The molecular formula is C18H26F3N3O2. The quantitative estimate of drug-likeness (QED) is 0.862. The summed E-state index contributed by atoms with van der Waals surface area (Å²) in [6.07, 6.45) is -1.63. The Morgan fingerprint density at radius 1 is 1.42 bits per heavy atom. The van der Waals surface area contributed by atoms with Crippen LogP contribution in [-0.4, -0.2) is 48.1 Å². The normalized spacial score (nSPS) is 22.1. The smallest absolute Gasteiger partial charge is 0.421 e. The largest absolute Gasteiger partial charge is 0.476 e. The minimum Gasteiger partial charge on any atom is -0.476 e. The fourth-order valence-electron chi connectivity index (χ4n) is 2.84. The van der Waals surface area contributed by atoms with E-state index in [2.05, 4.69) is 22.1 Å². The van der Waals surface area contributed by atoms with Gasteiger partial charge in [-0.1, -0.05) is 0 Å². The molecule has 0 aromatic carbocycles. The predicted molar refractivity (Wildman–Crippen MR) is 91.8 cm³/mol. The first-order valence-electron chi connectivity index (χ1n) is 8.67. The number of carbonyl (C=O) groups excluding carboxylic acids is 1. The van der Waals surface area contributed by atoms with Crippen molar-refractivity contribution in [1.29, 1.82) is 0 Å². The third-order valence-corrected chi connectivity index (χ3v) is 4.80. The second-order valence-electron chi connectivity index (χ2n) is 7.55. The Kier molecular flexibility index (Phi) is 6.16. The zero-order valence-corrected chi connectivity index (χ0v) is 15.6. The number of nitrogens with one attached hydrogen (secondary N) is 1. The molecule has 8 heteroatoms. The molecule has 1 saturated heterocycles. The molecule has 0 spiro atoms. The van der Waals surface area contributed by atoms with Crippen molar-refractivity contribution in [3.8, 4) is 5.88 Å². The van der Waals surface area contributed by atoms with Crippen LogP contribution in [0, 0.1) is 5.41 Å². The SMILES string of the molecule is CC1CC(NC(=O)C(C)(C)COc2ncccc2C(F)(F)F)CCN1C. The van der Waals surface area contributed by atoms with Crippen molar-refractivity contribution in [2.24, 2.45) is 5.41 Å². The summed E-state index contributed by atoms with van der Waals surface area (Å²) in [5.74, 6) is -0.738. The Hall–Kier alpha value is -1.83. The van der Waals surface area contributed by atoms with Crippen LogP contribution in [0.4, 0.5) is 13.2 Å². The molecule has 2 atom stereocenters. The van der Waals surface area contributed by atoms with Crippen molar-refractivity contribution in [2.45, 2.75) is 51.9 Å². The van der Waals surface area contributed by atoms with E-state index in [-0.39, 0.29) is 18.6 Å². The number of nitrogens with zero attached hydrogens (tertiary/aromatic N) is 2. The van der Waals surface area contributed by atoms with Gasteiger partial charge in [-0.15, -0.1) is 0 Å². The number of aromatic nitrogens is 1. The number of alkyl halides is 3. The summed E-state index contributed by atoms with van der Waals surface area (Å²) < 4.78 is 44.3. The third kappa shape index (κ3) is 5.09. The summed E-state index contributed by atoms with van der Waals surface area (Å²) in [7, 11) is 2.05. The molecule has 2 rings (SSSR count). The van der Waals surface area contributed by atoms with Gasteiger partial charge in [-0.05, 0) is 52.8 Å². The molecule has 1 aromatic rings. The Morgan fingerprint density at radius 3 is 2.73 bits per heavy atom. The first-order chi connectivity index (χ1) is 12.0. The minimum absolute atomic E-state index is 0.0635. The maximum Gasteiger partial charge on any atom is 0.421 e. The molecule has 0 saturated carbocycles. The maximum atomic E-state index is 13.0. The zero-order chi connectivity index (χ0) is 19.5. The van der Waals surface area contributed by atoms with Crippen LogP contribution in [0.15, 0.2) is 18.3 Å². The molecule has 2 heterocycles. The van der Waals surface area contributed by atoms with Gasteiger partial charge in [-0.25, -0.2) is 4.98 Å². The molecule has 0 aliphatic carbocycles. The number of hydrogen-bond donors (Lipinski definition) is 1. The van der Waals surface area contributed by atoms with E-state index in [1.165, 1.54) is 12.3 Å². The van der Waals surface area contributed by atoms with Gasteiger partial charge in [0.25, 0.3) is 0 Å². The van der Waals surface area contributed by atoms with E-state index in [0.717, 1.165) is 25.5 Å². The summed E-state index contributed by atoms with van der Waals surface area (Å²) >= 11 is 0. The van der Waals surface area contributed by atoms with Crippen LogP contribution in [0.1, 0.15) is 39.2 Å². The van der Waals surface area contributed by atoms with E-state index in [0.29, 0.717) is 6.04 Å². The van der Waals surface area contributed by atoms with E-state index in [9.17, 15) is 18.0 Å². The number of likely N-dealkylation sites (tertiary alicyclic amines) is 1. The highest BCUT2D eigenvalue weighted by Gasteiger charge is 2.37. The molecule has 0 bridgehead atoms. The lowest BCUT2D eigenvalue weighted by Gasteiger charge is -2.36. The Morgan fingerprint density at radius 2 is 2.12 bits per heavy atom. The van der Waals surface area contributed by atoms with Gasteiger partial charge in [-0.2, -0.15) is 13.2 Å². The number of pyridine rings is 1. The Balaban J connectivity index is 1.97. The molecule has 1 fully saturated rings. The van der Waals surface area contributed by atoms with Crippen molar-refractivity contribution in [3.05, 3.63) is 23.9 Å². The molecule has 26 heavy (non-hydrogen) atoms. The van der Waals surface area contributed by atoms with Crippen molar-refractivity contribution in [3.63, 3.8) is 0 Å². The summed E-state index contributed by atoms with van der Waals surface area (Å²) in [4.78, 5) is 18.5. The molecule has 1 N–H and O–H groups in total. The van der Waals surface area contributed by atoms with Crippen molar-refractivity contribution < 1.29 is 22.7 Å². The van der Waals surface area contributed by atoms with Crippen molar-refractivity contribution in [1.82, 2.24) is 15.2 Å². The number of ether oxygens (including phenoxy) is 1. The first kappa shape index (κ1) is 20.5. The fraction of sp³-hybridized carbons (Fsp3) is 0.667. The summed E-state index contributed by atoms with van der Waals surface area (Å²) in [5, 5.41) is 3.00. The van der Waals surface area contributed by atoms with Crippen LogP contribution < -0.4 is 10.1 Å². The van der Waals surface area contributed by atoms with Crippen LogP contribution in [-0.2, 0) is 11.0 Å². The minimum atomic E-state index is -4.56. The number of rotatable bonds is 5. The zero-order valence-electron chi connectivity index (χ0n) is 15.6. The van der Waals surface area contributed by atoms with Gasteiger partial charge in [0.1, 0.15) is 12.2 Å². The molecule has 1 aromatic heterocycles. The molecular weight excluding hydrogens is 347 g/mol. The standard InChI is InChI=1S/C18H26F3N3O2/c1-12-10-13(7-9-24(12)4)23-16(25)17(2,3)11-26-15-14(18(19,20)21)6-5-8-22-15/h5-6,8,12-13H,7,9-11H2,1-4H3,(H,23,25). The first-order valence-corrected chi connectivity index (χ1v) is 8.67. The molecule has 2 unspecified atom stereocenters. The highest BCUT2D eigenvalue weighted by molar-refractivity contribution is 5.82. The fourth-order valence-corrected chi connectivity index (χ4v) is 2.84. The van der Waals surface area contributed by atoms with Crippen LogP contribution in [0.3, 0.4) is 0 Å². The lowest BCUT2D eigenvalue weighted by Crippen LogP contribution is -2.51. The molecule has 1 aliphatic heterocycles. The summed E-state index contributed by atoms with van der Waals surface area (Å²) in [6.45, 7) is 6.10. The van der Waals surface area contributed by atoms with E-state index in [1.54, 1.807) is 13.8 Å². The predicted octanol–water partition coefficient (Wildman–Crippen LogP) is 3.10. The lowest BCUT2D eigenvalue weighted by molar-refractivity contribution is -0.139. The number of carbonyl (C=O) groups is 1. The van der Waals surface area contributed by atoms with E-state index in [1.807, 2.05) is 7.05 Å². The number of amides is 1. The van der Waals surface area contributed by atoms with Gasteiger partial charge in [0.05, 0.1) is 5.41 Å². The van der Waals surface area contributed by atoms with Crippen LogP contribution >= 0.6 is 0 Å². The molecule has 1 amide bonds. The van der Waals surface area contributed by atoms with Gasteiger partial charge in [-0.3, -0.25) is 4.79 Å². The average molecular weight is 373 g/mol. The highest BCUT2D eigenvalue weighted by Crippen LogP contribution is 2.35. The Labute approximate surface area is 151 Å². The van der Waals surface area contributed by atoms with Gasteiger partial charge in [0.2, 0.25) is 11.8 Å². The monoisotopic (exact) mass is 373 g/mol. The third-order valence-electron chi connectivity index (χ3n) is 4.80. The molecule has 1 aliphatic rings. The van der Waals surface area contributed by atoms with Gasteiger partial charge < -0.3 is 15.0 Å². The van der Waals surface area contributed by atoms with Crippen molar-refractivity contribution in [2.75, 3.05) is 20.2 Å². The molecule has 0 radical (unpaired) electrons. The molecule has 146 valence electrons. The summed E-state index contributed by atoms with van der Waals surface area (Å²) in [5.41, 5.74) is -1.92. The summed E-state index contributed by atoms with van der Waals surface area (Å²) in [6, 6.07) is 2.55. The molecule has 5 nitrogen and oxygen atoms in total. The second kappa shape index (κ2) is 7.82. The Bertz CT molecular complexity index is 634. The van der Waals surface area contributed by atoms with Crippen LogP contribution in [0.5, 0.6) is 5.88 Å². The average Bonchev–Trinajstić information content (AvgIpc) is 2.56. The van der Waals surface area contributed by atoms with Crippen molar-refractivity contribution >= 4 is 5.91 Å². The van der Waals surface area contributed by atoms with Gasteiger partial charge >= 0.3 is 6.18 Å². The number of piperidine rings is 1. The number of hydrogen-bond acceptors (Lipinski definition) is 4. The second-order valence-corrected chi connectivity index (χ2v) is 7.55. The highest BCUT2D eigenvalue weighted by atomic mass is 19.4. The van der Waals surface area contributed by atoms with Crippen LogP contribution in [0.2, 0.25) is 0 Å². The van der Waals surface area contributed by atoms with Crippen LogP contribution in [0.25, 0.3) is 0 Å².